The number of hydrogen-bond donors (Lipinski definition) is 2. The Balaban J connectivity index is 2.36. The van der Waals surface area contributed by atoms with Crippen LogP contribution in [0.15, 0.2) is 0 Å². The highest BCUT2D eigenvalue weighted by Gasteiger charge is 2.30. The van der Waals surface area contributed by atoms with E-state index < -0.39 is 53.6 Å². The zero-order chi connectivity index (χ0) is 23.5. The molecule has 2 aromatic rings. The van der Waals surface area contributed by atoms with Crippen LogP contribution in [-0.4, -0.2) is 34.2 Å². The number of nitrogens with two attached hydrogens (primary N) is 1. The van der Waals surface area contributed by atoms with Gasteiger partial charge < -0.3 is 15.8 Å². The molecule has 170 valence electrons. The van der Waals surface area contributed by atoms with Crippen molar-refractivity contribution in [3.05, 3.63) is 32.4 Å². The Hall–Kier alpha value is -2.67. The molecular formula is C17H17ClF4N4O4S. The van der Waals surface area contributed by atoms with Gasteiger partial charge in [0, 0.05) is 0 Å². The minimum absolute atomic E-state index is 0.0193. The minimum Gasteiger partial charge on any atom is -0.462 e. The van der Waals surface area contributed by atoms with Crippen molar-refractivity contribution in [1.82, 2.24) is 9.78 Å². The first-order valence-corrected chi connectivity index (χ1v) is 9.91. The quantitative estimate of drug-likeness (QED) is 0.411. The lowest BCUT2D eigenvalue weighted by molar-refractivity contribution is -0.117. The molecule has 0 fully saturated rings. The van der Waals surface area contributed by atoms with E-state index in [9.17, 15) is 31.9 Å². The fourth-order valence-electron chi connectivity index (χ4n) is 2.59. The monoisotopic (exact) mass is 484 g/mol. The number of alkyl halides is 4. The van der Waals surface area contributed by atoms with Gasteiger partial charge in [0.25, 0.3) is 18.8 Å². The smallest absolute Gasteiger partial charge is 0.341 e. The molecule has 2 aromatic heterocycles. The molecular weight excluding hydrogens is 468 g/mol. The van der Waals surface area contributed by atoms with Gasteiger partial charge in [0.1, 0.15) is 22.9 Å². The number of primary amides is 1. The average Bonchev–Trinajstić information content (AvgIpc) is 3.16. The van der Waals surface area contributed by atoms with Crippen LogP contribution >= 0.6 is 22.9 Å². The van der Waals surface area contributed by atoms with Crippen molar-refractivity contribution in [2.45, 2.75) is 39.7 Å². The van der Waals surface area contributed by atoms with Crippen molar-refractivity contribution in [1.29, 1.82) is 0 Å². The molecule has 0 saturated carbocycles. The number of aromatic nitrogens is 2. The van der Waals surface area contributed by atoms with E-state index >= 15 is 0 Å². The third-order valence-corrected chi connectivity index (χ3v) is 5.54. The van der Waals surface area contributed by atoms with Gasteiger partial charge in [-0.3, -0.25) is 14.3 Å². The first-order valence-electron chi connectivity index (χ1n) is 8.72. The molecule has 0 aliphatic carbocycles. The largest absolute Gasteiger partial charge is 0.462 e. The van der Waals surface area contributed by atoms with E-state index in [1.807, 2.05) is 0 Å². The number of thiophene rings is 1. The molecule has 0 bridgehead atoms. The van der Waals surface area contributed by atoms with E-state index in [2.05, 4.69) is 10.4 Å². The Labute approximate surface area is 182 Å². The van der Waals surface area contributed by atoms with Crippen LogP contribution in [0, 0.1) is 6.92 Å². The van der Waals surface area contributed by atoms with Gasteiger partial charge >= 0.3 is 5.97 Å². The summed E-state index contributed by atoms with van der Waals surface area (Å²) in [4.78, 5) is 36.4. The van der Waals surface area contributed by atoms with E-state index in [4.69, 9.17) is 22.1 Å². The number of carbonyl (C=O) groups excluding carboxylic acids is 3. The topological polar surface area (TPSA) is 116 Å². The zero-order valence-electron chi connectivity index (χ0n) is 16.2. The van der Waals surface area contributed by atoms with Crippen molar-refractivity contribution in [3.63, 3.8) is 0 Å². The number of esters is 1. The summed E-state index contributed by atoms with van der Waals surface area (Å²) in [5, 5.41) is 4.54. The van der Waals surface area contributed by atoms with Gasteiger partial charge in [0.15, 0.2) is 0 Å². The Morgan fingerprint density at radius 1 is 1.26 bits per heavy atom. The molecule has 31 heavy (non-hydrogen) atoms. The maximum atomic E-state index is 13.2. The Kier molecular flexibility index (Phi) is 8.01. The van der Waals surface area contributed by atoms with Crippen molar-refractivity contribution < 1.29 is 36.7 Å². The summed E-state index contributed by atoms with van der Waals surface area (Å²) in [6.07, 6.45) is -5.99. The summed E-state index contributed by atoms with van der Waals surface area (Å²) < 4.78 is 57.7. The standard InChI is InChI=1S/C17H17ClF4N4O4S/c1-3-4-30-17(29)8-6(2)12(15(23)28)31-16(8)24-7(27)5-26-11(14(21)22)9(18)10(25-26)13(19)20/h13-14H,3-5H2,1-2H3,(H2,23,28)(H,24,27). The van der Waals surface area contributed by atoms with Crippen LogP contribution < -0.4 is 11.1 Å². The summed E-state index contributed by atoms with van der Waals surface area (Å²) in [6, 6.07) is 0. The number of nitrogens with zero attached hydrogens (tertiary/aromatic N) is 2. The van der Waals surface area contributed by atoms with E-state index in [0.717, 1.165) is 0 Å². The molecule has 0 aliphatic rings. The number of anilines is 1. The molecule has 3 N–H and O–H groups in total. The summed E-state index contributed by atoms with van der Waals surface area (Å²) in [6.45, 7) is 2.35. The normalized spacial score (nSPS) is 11.3. The van der Waals surface area contributed by atoms with Gasteiger partial charge in [0.2, 0.25) is 5.91 Å². The number of amides is 2. The zero-order valence-corrected chi connectivity index (χ0v) is 17.8. The molecule has 0 unspecified atom stereocenters. The number of hydrogen-bond acceptors (Lipinski definition) is 6. The fraction of sp³-hybridized carbons (Fsp3) is 0.412. The van der Waals surface area contributed by atoms with Gasteiger partial charge in [0.05, 0.1) is 22.1 Å². The Morgan fingerprint density at radius 3 is 2.42 bits per heavy atom. The van der Waals surface area contributed by atoms with Crippen LogP contribution in [-0.2, 0) is 16.1 Å². The van der Waals surface area contributed by atoms with Gasteiger partial charge in [-0.2, -0.15) is 5.10 Å². The van der Waals surface area contributed by atoms with Crippen molar-refractivity contribution in [2.75, 3.05) is 11.9 Å². The summed E-state index contributed by atoms with van der Waals surface area (Å²) in [7, 11) is 0. The van der Waals surface area contributed by atoms with Crippen molar-refractivity contribution in [3.8, 4) is 0 Å². The third kappa shape index (κ3) is 5.34. The van der Waals surface area contributed by atoms with E-state index in [1.54, 1.807) is 6.92 Å². The van der Waals surface area contributed by atoms with Crippen LogP contribution in [0.2, 0.25) is 5.02 Å². The number of nitrogens with one attached hydrogen (secondary N) is 1. The van der Waals surface area contributed by atoms with Crippen LogP contribution in [0.3, 0.4) is 0 Å². The molecule has 8 nitrogen and oxygen atoms in total. The number of halogens is 5. The molecule has 2 amide bonds. The second-order valence-corrected chi connectivity index (χ2v) is 7.55. The third-order valence-electron chi connectivity index (χ3n) is 3.93. The highest BCUT2D eigenvalue weighted by molar-refractivity contribution is 7.18. The summed E-state index contributed by atoms with van der Waals surface area (Å²) >= 11 is 6.24. The van der Waals surface area contributed by atoms with Gasteiger partial charge in [-0.1, -0.05) is 18.5 Å². The lowest BCUT2D eigenvalue weighted by Gasteiger charge is -2.09. The number of carbonyl (C=O) groups is 3. The molecule has 0 saturated heterocycles. The summed E-state index contributed by atoms with van der Waals surface area (Å²) in [5.41, 5.74) is 3.19. The Bertz CT molecular complexity index is 1010. The fourth-order valence-corrected chi connectivity index (χ4v) is 3.96. The van der Waals surface area contributed by atoms with E-state index in [0.29, 0.717) is 22.4 Å². The maximum Gasteiger partial charge on any atom is 0.341 e. The molecule has 2 heterocycles. The molecule has 0 radical (unpaired) electrons. The second kappa shape index (κ2) is 10.1. The predicted octanol–water partition coefficient (Wildman–Crippen LogP) is 4.09. The molecule has 2 rings (SSSR count). The highest BCUT2D eigenvalue weighted by atomic mass is 35.5. The van der Waals surface area contributed by atoms with Crippen LogP contribution in [0.5, 0.6) is 0 Å². The van der Waals surface area contributed by atoms with E-state index in [-0.39, 0.29) is 27.6 Å². The second-order valence-electron chi connectivity index (χ2n) is 6.15. The lowest BCUT2D eigenvalue weighted by Crippen LogP contribution is -2.22. The average molecular weight is 485 g/mol. The van der Waals surface area contributed by atoms with Gasteiger partial charge in [-0.05, 0) is 18.9 Å². The molecule has 14 heteroatoms. The number of ether oxygens (including phenoxy) is 1. The van der Waals surface area contributed by atoms with Gasteiger partial charge in [-0.25, -0.2) is 22.4 Å². The van der Waals surface area contributed by atoms with Gasteiger partial charge in [-0.15, -0.1) is 11.3 Å². The SMILES string of the molecule is CCCOC(=O)c1c(NC(=O)Cn2nc(C(F)F)c(Cl)c2C(F)F)sc(C(N)=O)c1C. The summed E-state index contributed by atoms with van der Waals surface area (Å²) in [5.74, 6) is -2.66. The Morgan fingerprint density at radius 2 is 1.90 bits per heavy atom. The maximum absolute atomic E-state index is 13.2. The van der Waals surface area contributed by atoms with Crippen LogP contribution in [0.1, 0.15) is 63.2 Å². The molecule has 0 aliphatic heterocycles. The van der Waals surface area contributed by atoms with Crippen LogP contribution in [0.4, 0.5) is 22.6 Å². The molecule has 0 aromatic carbocycles. The minimum atomic E-state index is -3.27. The van der Waals surface area contributed by atoms with Crippen LogP contribution in [0.25, 0.3) is 0 Å². The number of rotatable bonds is 9. The lowest BCUT2D eigenvalue weighted by atomic mass is 10.1. The highest BCUT2D eigenvalue weighted by Crippen LogP contribution is 2.36. The predicted molar refractivity (Wildman–Crippen MR) is 104 cm³/mol. The molecule has 0 spiro atoms. The first kappa shape index (κ1) is 24.6. The van der Waals surface area contributed by atoms with Crippen molar-refractivity contribution in [2.24, 2.45) is 5.73 Å². The molecule has 0 atom stereocenters. The first-order chi connectivity index (χ1) is 14.5. The van der Waals surface area contributed by atoms with E-state index in [1.165, 1.54) is 6.92 Å². The van der Waals surface area contributed by atoms with Crippen molar-refractivity contribution >= 4 is 45.7 Å².